The number of piperazine rings is 2. The minimum Gasteiger partial charge on any atom is -0.369 e. The summed E-state index contributed by atoms with van der Waals surface area (Å²) in [4.78, 5) is 55.5. The molecule has 2 fully saturated rings. The molecular weight excluding hydrogens is 460 g/mol. The van der Waals surface area contributed by atoms with Gasteiger partial charge in [-0.05, 0) is 36.4 Å². The molecule has 0 radical (unpaired) electrons. The number of benzene rings is 2. The zero-order valence-corrected chi connectivity index (χ0v) is 20.4. The van der Waals surface area contributed by atoms with Crippen LogP contribution in [0.3, 0.4) is 0 Å². The first-order valence-electron chi connectivity index (χ1n) is 12.2. The van der Waals surface area contributed by atoms with Crippen molar-refractivity contribution in [1.29, 1.82) is 0 Å². The molecule has 36 heavy (non-hydrogen) atoms. The second-order valence-corrected chi connectivity index (χ2v) is 9.00. The monoisotopic (exact) mass is 492 g/mol. The van der Waals surface area contributed by atoms with Crippen LogP contribution in [0.4, 0.5) is 17.1 Å². The Bertz CT molecular complexity index is 1080. The summed E-state index contributed by atoms with van der Waals surface area (Å²) in [5, 5.41) is 8.20. The first-order valence-corrected chi connectivity index (χ1v) is 12.2. The Kier molecular flexibility index (Phi) is 8.17. The molecule has 2 aromatic rings. The molecule has 0 aromatic heterocycles. The number of para-hydroxylation sites is 1. The summed E-state index contributed by atoms with van der Waals surface area (Å²) >= 11 is 0. The van der Waals surface area contributed by atoms with Gasteiger partial charge in [0.25, 0.3) is 0 Å². The van der Waals surface area contributed by atoms with Gasteiger partial charge in [0, 0.05) is 63.3 Å². The lowest BCUT2D eigenvalue weighted by atomic mass is 10.1. The number of rotatable bonds is 7. The van der Waals surface area contributed by atoms with Crippen LogP contribution in [0.1, 0.15) is 13.3 Å². The number of carbonyl (C=O) groups excluding carboxylic acids is 4. The Labute approximate surface area is 210 Å². The molecule has 4 rings (SSSR count). The molecule has 2 saturated heterocycles. The Morgan fingerprint density at radius 1 is 0.889 bits per heavy atom. The third-order valence-electron chi connectivity index (χ3n) is 6.37. The van der Waals surface area contributed by atoms with Crippen molar-refractivity contribution in [3.8, 4) is 0 Å². The van der Waals surface area contributed by atoms with Gasteiger partial charge in [-0.25, -0.2) is 0 Å². The van der Waals surface area contributed by atoms with Crippen molar-refractivity contribution in [1.82, 2.24) is 15.1 Å². The van der Waals surface area contributed by atoms with E-state index in [-0.39, 0.29) is 36.6 Å². The van der Waals surface area contributed by atoms with E-state index in [4.69, 9.17) is 0 Å². The molecule has 10 heteroatoms. The zero-order valence-electron chi connectivity index (χ0n) is 20.4. The molecule has 2 heterocycles. The van der Waals surface area contributed by atoms with E-state index in [9.17, 15) is 19.2 Å². The van der Waals surface area contributed by atoms with E-state index in [2.05, 4.69) is 37.9 Å². The molecule has 1 atom stereocenters. The van der Waals surface area contributed by atoms with Gasteiger partial charge in [0.15, 0.2) is 0 Å². The highest BCUT2D eigenvalue weighted by Gasteiger charge is 2.35. The molecule has 2 aliphatic rings. The largest absolute Gasteiger partial charge is 0.369 e. The van der Waals surface area contributed by atoms with E-state index in [1.165, 1.54) is 17.5 Å². The molecule has 10 nitrogen and oxygen atoms in total. The summed E-state index contributed by atoms with van der Waals surface area (Å²) in [6, 6.07) is 16.0. The van der Waals surface area contributed by atoms with Crippen molar-refractivity contribution in [2.24, 2.45) is 0 Å². The zero-order chi connectivity index (χ0) is 25.5. The summed E-state index contributed by atoms with van der Waals surface area (Å²) in [7, 11) is 0. The highest BCUT2D eigenvalue weighted by molar-refractivity contribution is 5.98. The number of hydrogen-bond donors (Lipinski definition) is 3. The fourth-order valence-corrected chi connectivity index (χ4v) is 4.53. The average molecular weight is 493 g/mol. The van der Waals surface area contributed by atoms with E-state index in [1.54, 1.807) is 24.3 Å². The number of anilines is 3. The predicted molar refractivity (Wildman–Crippen MR) is 138 cm³/mol. The van der Waals surface area contributed by atoms with Gasteiger partial charge in [-0.2, -0.15) is 0 Å². The van der Waals surface area contributed by atoms with E-state index < -0.39 is 6.04 Å². The van der Waals surface area contributed by atoms with Crippen LogP contribution in [0.15, 0.2) is 54.6 Å². The normalized spacial score (nSPS) is 18.4. The number of amides is 4. The van der Waals surface area contributed by atoms with Crippen LogP contribution < -0.4 is 20.9 Å². The van der Waals surface area contributed by atoms with Gasteiger partial charge in [0.2, 0.25) is 23.6 Å². The standard InChI is InChI=1S/C26H32N6O4/c1-19(33)28-20-7-9-21(10-8-20)29-24(34)17-23-26(36)27-11-12-32(23)25(35)18-30-13-15-31(16-14-30)22-5-3-2-4-6-22/h2-10,23H,11-18H2,1H3,(H,27,36)(H,28,33)(H,29,34)/t23-/m0/s1. The van der Waals surface area contributed by atoms with Crippen molar-refractivity contribution >= 4 is 40.7 Å². The Hall–Kier alpha value is -3.92. The summed E-state index contributed by atoms with van der Waals surface area (Å²) in [6.45, 7) is 5.53. The van der Waals surface area contributed by atoms with E-state index >= 15 is 0 Å². The molecular formula is C26H32N6O4. The predicted octanol–water partition coefficient (Wildman–Crippen LogP) is 1.12. The lowest BCUT2D eigenvalue weighted by Crippen LogP contribution is -2.60. The highest BCUT2D eigenvalue weighted by atomic mass is 16.2. The summed E-state index contributed by atoms with van der Waals surface area (Å²) in [5.74, 6) is -1.01. The Morgan fingerprint density at radius 2 is 1.53 bits per heavy atom. The average Bonchev–Trinajstić information content (AvgIpc) is 2.87. The second kappa shape index (κ2) is 11.7. The summed E-state index contributed by atoms with van der Waals surface area (Å²) < 4.78 is 0. The molecule has 0 saturated carbocycles. The Morgan fingerprint density at radius 3 is 2.17 bits per heavy atom. The van der Waals surface area contributed by atoms with Crippen molar-refractivity contribution in [2.45, 2.75) is 19.4 Å². The molecule has 2 aliphatic heterocycles. The van der Waals surface area contributed by atoms with Gasteiger partial charge in [0.05, 0.1) is 13.0 Å². The van der Waals surface area contributed by atoms with Crippen LogP contribution in [-0.4, -0.2) is 85.3 Å². The van der Waals surface area contributed by atoms with Crippen LogP contribution in [-0.2, 0) is 19.2 Å². The second-order valence-electron chi connectivity index (χ2n) is 9.00. The fraction of sp³-hybridized carbons (Fsp3) is 0.385. The molecule has 4 amide bonds. The topological polar surface area (TPSA) is 114 Å². The smallest absolute Gasteiger partial charge is 0.243 e. The third-order valence-corrected chi connectivity index (χ3v) is 6.37. The van der Waals surface area contributed by atoms with E-state index in [0.29, 0.717) is 24.5 Å². The third kappa shape index (κ3) is 6.60. The summed E-state index contributed by atoms with van der Waals surface area (Å²) in [6.07, 6.45) is -0.132. The maximum Gasteiger partial charge on any atom is 0.243 e. The van der Waals surface area contributed by atoms with Crippen molar-refractivity contribution in [3.05, 3.63) is 54.6 Å². The van der Waals surface area contributed by atoms with Crippen LogP contribution in [0, 0.1) is 0 Å². The summed E-state index contributed by atoms with van der Waals surface area (Å²) in [5.41, 5.74) is 2.33. The van der Waals surface area contributed by atoms with E-state index in [1.807, 2.05) is 18.2 Å². The van der Waals surface area contributed by atoms with Gasteiger partial charge in [-0.15, -0.1) is 0 Å². The van der Waals surface area contributed by atoms with Crippen LogP contribution in [0.25, 0.3) is 0 Å². The number of nitrogens with zero attached hydrogens (tertiary/aromatic N) is 3. The molecule has 0 spiro atoms. The molecule has 2 aromatic carbocycles. The van der Waals surface area contributed by atoms with Gasteiger partial charge >= 0.3 is 0 Å². The SMILES string of the molecule is CC(=O)Nc1ccc(NC(=O)C[C@H]2C(=O)NCCN2C(=O)CN2CCN(c3ccccc3)CC2)cc1. The van der Waals surface area contributed by atoms with Crippen molar-refractivity contribution < 1.29 is 19.2 Å². The highest BCUT2D eigenvalue weighted by Crippen LogP contribution is 2.18. The van der Waals surface area contributed by atoms with Crippen LogP contribution >= 0.6 is 0 Å². The fourth-order valence-electron chi connectivity index (χ4n) is 4.53. The van der Waals surface area contributed by atoms with Crippen LogP contribution in [0.2, 0.25) is 0 Å². The molecule has 0 bridgehead atoms. The lowest BCUT2D eigenvalue weighted by molar-refractivity contribution is -0.145. The molecule has 0 unspecified atom stereocenters. The number of hydrogen-bond acceptors (Lipinski definition) is 6. The van der Waals surface area contributed by atoms with Gasteiger partial charge in [0.1, 0.15) is 6.04 Å². The maximum atomic E-state index is 13.2. The minimum absolute atomic E-state index is 0.132. The minimum atomic E-state index is -0.851. The van der Waals surface area contributed by atoms with E-state index in [0.717, 1.165) is 26.2 Å². The number of carbonyl (C=O) groups is 4. The Balaban J connectivity index is 1.30. The molecule has 190 valence electrons. The lowest BCUT2D eigenvalue weighted by Gasteiger charge is -2.39. The molecule has 0 aliphatic carbocycles. The number of nitrogens with one attached hydrogen (secondary N) is 3. The van der Waals surface area contributed by atoms with Crippen LogP contribution in [0.5, 0.6) is 0 Å². The molecule has 3 N–H and O–H groups in total. The van der Waals surface area contributed by atoms with Gasteiger partial charge in [-0.1, -0.05) is 18.2 Å². The quantitative estimate of drug-likeness (QED) is 0.534. The van der Waals surface area contributed by atoms with Gasteiger partial charge < -0.3 is 25.8 Å². The maximum absolute atomic E-state index is 13.2. The van der Waals surface area contributed by atoms with Crippen molar-refractivity contribution in [3.63, 3.8) is 0 Å². The van der Waals surface area contributed by atoms with Crippen molar-refractivity contribution in [2.75, 3.05) is 61.3 Å². The van der Waals surface area contributed by atoms with Gasteiger partial charge in [-0.3, -0.25) is 24.1 Å². The first-order chi connectivity index (χ1) is 17.4. The first kappa shape index (κ1) is 25.2.